The molecule has 0 aromatic heterocycles. The lowest BCUT2D eigenvalue weighted by Crippen LogP contribution is -2.47. The highest BCUT2D eigenvalue weighted by atomic mass is 15.0. The third-order valence-electron chi connectivity index (χ3n) is 5.20. The van der Waals surface area contributed by atoms with Crippen LogP contribution in [0.25, 0.3) is 0 Å². The van der Waals surface area contributed by atoms with Crippen molar-refractivity contribution in [2.45, 2.75) is 63.6 Å². The fourth-order valence-electron chi connectivity index (χ4n) is 4.08. The van der Waals surface area contributed by atoms with Crippen LogP contribution in [0.1, 0.15) is 57.1 Å². The van der Waals surface area contributed by atoms with Gasteiger partial charge in [0.1, 0.15) is 0 Å². The molecule has 0 spiro atoms. The van der Waals surface area contributed by atoms with Gasteiger partial charge in [-0.25, -0.2) is 0 Å². The van der Waals surface area contributed by atoms with Crippen LogP contribution >= 0.6 is 0 Å². The normalized spacial score (nSPS) is 32.1. The van der Waals surface area contributed by atoms with Gasteiger partial charge in [-0.3, -0.25) is 0 Å². The van der Waals surface area contributed by atoms with Gasteiger partial charge in [-0.2, -0.15) is 0 Å². The maximum absolute atomic E-state index is 3.90. The maximum atomic E-state index is 3.90. The minimum Gasteiger partial charge on any atom is -0.314 e. The summed E-state index contributed by atoms with van der Waals surface area (Å²) in [5.74, 6) is 0.835. The van der Waals surface area contributed by atoms with Gasteiger partial charge in [-0.1, -0.05) is 43.2 Å². The Morgan fingerprint density at radius 2 is 1.90 bits per heavy atom. The van der Waals surface area contributed by atoms with Crippen LogP contribution < -0.4 is 10.6 Å². The van der Waals surface area contributed by atoms with E-state index in [1.807, 2.05) is 0 Å². The molecule has 1 saturated heterocycles. The van der Waals surface area contributed by atoms with Crippen molar-refractivity contribution in [3.8, 4) is 0 Å². The molecule has 1 saturated carbocycles. The zero-order valence-corrected chi connectivity index (χ0v) is 12.6. The SMILES string of the molecule is CC(NC1CCCC1C1CCCCN1)c1ccccc1. The third kappa shape index (κ3) is 3.24. The second kappa shape index (κ2) is 6.73. The Morgan fingerprint density at radius 1 is 1.05 bits per heavy atom. The lowest BCUT2D eigenvalue weighted by molar-refractivity contribution is 0.248. The number of nitrogens with one attached hydrogen (secondary N) is 2. The van der Waals surface area contributed by atoms with Gasteiger partial charge in [0.2, 0.25) is 0 Å². The van der Waals surface area contributed by atoms with E-state index in [1.165, 1.54) is 50.6 Å². The number of hydrogen-bond donors (Lipinski definition) is 2. The highest BCUT2D eigenvalue weighted by Gasteiger charge is 2.34. The van der Waals surface area contributed by atoms with Crippen LogP contribution in [0, 0.1) is 5.92 Å². The van der Waals surface area contributed by atoms with Crippen molar-refractivity contribution in [2.24, 2.45) is 5.92 Å². The fourth-order valence-corrected chi connectivity index (χ4v) is 4.08. The second-order valence-electron chi connectivity index (χ2n) is 6.56. The summed E-state index contributed by atoms with van der Waals surface area (Å²) < 4.78 is 0. The Labute approximate surface area is 123 Å². The molecule has 4 atom stereocenters. The average Bonchev–Trinajstić information content (AvgIpc) is 2.97. The van der Waals surface area contributed by atoms with Crippen molar-refractivity contribution >= 4 is 0 Å². The van der Waals surface area contributed by atoms with Gasteiger partial charge in [0.05, 0.1) is 0 Å². The van der Waals surface area contributed by atoms with Crippen molar-refractivity contribution < 1.29 is 0 Å². The lowest BCUT2D eigenvalue weighted by atomic mass is 9.88. The summed E-state index contributed by atoms with van der Waals surface area (Å²) in [6.07, 6.45) is 8.29. The Bertz CT molecular complexity index is 397. The first-order valence-corrected chi connectivity index (χ1v) is 8.39. The molecule has 110 valence electrons. The Kier molecular flexibility index (Phi) is 4.74. The summed E-state index contributed by atoms with van der Waals surface area (Å²) in [6, 6.07) is 12.8. The van der Waals surface area contributed by atoms with Crippen LogP contribution in [0.4, 0.5) is 0 Å². The third-order valence-corrected chi connectivity index (χ3v) is 5.20. The monoisotopic (exact) mass is 272 g/mol. The molecule has 1 aromatic rings. The zero-order chi connectivity index (χ0) is 13.8. The highest BCUT2D eigenvalue weighted by Crippen LogP contribution is 2.33. The molecule has 2 nitrogen and oxygen atoms in total. The first-order valence-electron chi connectivity index (χ1n) is 8.39. The van der Waals surface area contributed by atoms with E-state index in [4.69, 9.17) is 0 Å². The summed E-state index contributed by atoms with van der Waals surface area (Å²) in [7, 11) is 0. The van der Waals surface area contributed by atoms with Gasteiger partial charge in [0, 0.05) is 18.1 Å². The van der Waals surface area contributed by atoms with Crippen LogP contribution in [0.5, 0.6) is 0 Å². The average molecular weight is 272 g/mol. The molecular weight excluding hydrogens is 244 g/mol. The van der Waals surface area contributed by atoms with E-state index in [9.17, 15) is 0 Å². The van der Waals surface area contributed by atoms with E-state index >= 15 is 0 Å². The van der Waals surface area contributed by atoms with E-state index in [-0.39, 0.29) is 0 Å². The Balaban J connectivity index is 1.61. The van der Waals surface area contributed by atoms with Gasteiger partial charge < -0.3 is 10.6 Å². The number of piperidine rings is 1. The predicted octanol–water partition coefficient (Wildman–Crippen LogP) is 3.65. The van der Waals surface area contributed by atoms with E-state index in [1.54, 1.807) is 0 Å². The van der Waals surface area contributed by atoms with Gasteiger partial charge >= 0.3 is 0 Å². The molecule has 0 bridgehead atoms. The molecule has 2 heteroatoms. The summed E-state index contributed by atoms with van der Waals surface area (Å²) in [5, 5.41) is 7.67. The quantitative estimate of drug-likeness (QED) is 0.874. The predicted molar refractivity (Wildman–Crippen MR) is 84.8 cm³/mol. The van der Waals surface area contributed by atoms with Gasteiger partial charge in [-0.15, -0.1) is 0 Å². The van der Waals surface area contributed by atoms with Gasteiger partial charge in [0.25, 0.3) is 0 Å². The fraction of sp³-hybridized carbons (Fsp3) is 0.667. The molecule has 1 aliphatic carbocycles. The summed E-state index contributed by atoms with van der Waals surface area (Å²) >= 11 is 0. The van der Waals surface area contributed by atoms with Crippen LogP contribution in [0.15, 0.2) is 30.3 Å². The van der Waals surface area contributed by atoms with Crippen LogP contribution in [-0.4, -0.2) is 18.6 Å². The highest BCUT2D eigenvalue weighted by molar-refractivity contribution is 5.18. The van der Waals surface area contributed by atoms with Crippen LogP contribution in [0.2, 0.25) is 0 Å². The first-order chi connectivity index (χ1) is 9.84. The molecule has 1 aliphatic heterocycles. The van der Waals surface area contributed by atoms with Crippen LogP contribution in [-0.2, 0) is 0 Å². The zero-order valence-electron chi connectivity index (χ0n) is 12.6. The van der Waals surface area contributed by atoms with E-state index < -0.39 is 0 Å². The van der Waals surface area contributed by atoms with Crippen molar-refractivity contribution in [1.82, 2.24) is 10.6 Å². The molecule has 1 heterocycles. The number of hydrogen-bond acceptors (Lipinski definition) is 2. The molecule has 0 amide bonds. The van der Waals surface area contributed by atoms with Crippen molar-refractivity contribution in [1.29, 1.82) is 0 Å². The topological polar surface area (TPSA) is 24.1 Å². The minimum absolute atomic E-state index is 0.463. The number of benzene rings is 1. The van der Waals surface area contributed by atoms with Gasteiger partial charge in [-0.05, 0) is 50.6 Å². The molecule has 2 N–H and O–H groups in total. The largest absolute Gasteiger partial charge is 0.314 e. The summed E-state index contributed by atoms with van der Waals surface area (Å²) in [4.78, 5) is 0. The van der Waals surface area contributed by atoms with E-state index in [0.29, 0.717) is 12.1 Å². The molecule has 4 unspecified atom stereocenters. The second-order valence-corrected chi connectivity index (χ2v) is 6.56. The molecule has 1 aromatic carbocycles. The van der Waals surface area contributed by atoms with Crippen LogP contribution in [0.3, 0.4) is 0 Å². The smallest absolute Gasteiger partial charge is 0.0294 e. The molecule has 0 radical (unpaired) electrons. The lowest BCUT2D eigenvalue weighted by Gasteiger charge is -2.34. The first kappa shape index (κ1) is 14.1. The molecule has 2 fully saturated rings. The van der Waals surface area contributed by atoms with E-state index in [2.05, 4.69) is 47.9 Å². The standard InChI is InChI=1S/C18H28N2/c1-14(15-8-3-2-4-9-15)20-18-12-7-10-16(18)17-11-5-6-13-19-17/h2-4,8-9,14,16-20H,5-7,10-13H2,1H3. The van der Waals surface area contributed by atoms with E-state index in [0.717, 1.165) is 12.0 Å². The molecule has 2 aliphatic rings. The van der Waals surface area contributed by atoms with Crippen molar-refractivity contribution in [3.63, 3.8) is 0 Å². The molecular formula is C18H28N2. The molecule has 3 rings (SSSR count). The Morgan fingerprint density at radius 3 is 2.65 bits per heavy atom. The minimum atomic E-state index is 0.463. The summed E-state index contributed by atoms with van der Waals surface area (Å²) in [5.41, 5.74) is 1.41. The van der Waals surface area contributed by atoms with Gasteiger partial charge in [0.15, 0.2) is 0 Å². The summed E-state index contributed by atoms with van der Waals surface area (Å²) in [6.45, 7) is 3.53. The molecule has 20 heavy (non-hydrogen) atoms. The van der Waals surface area contributed by atoms with Crippen molar-refractivity contribution in [3.05, 3.63) is 35.9 Å². The maximum Gasteiger partial charge on any atom is 0.0294 e. The van der Waals surface area contributed by atoms with Crippen molar-refractivity contribution in [2.75, 3.05) is 6.54 Å². The number of rotatable bonds is 4. The Hall–Kier alpha value is -0.860.